The summed E-state index contributed by atoms with van der Waals surface area (Å²) in [6, 6.07) is -0.693. The average Bonchev–Trinajstić information content (AvgIpc) is 2.32. The first kappa shape index (κ1) is 14.7. The first-order chi connectivity index (χ1) is 8.50. The van der Waals surface area contributed by atoms with Gasteiger partial charge in [-0.3, -0.25) is 0 Å². The van der Waals surface area contributed by atoms with Gasteiger partial charge >= 0.3 is 12.0 Å². The number of carboxylic acids is 1. The van der Waals surface area contributed by atoms with Gasteiger partial charge in [0.05, 0.1) is 12.1 Å². The molecule has 0 spiro atoms. The van der Waals surface area contributed by atoms with Crippen LogP contribution in [0.4, 0.5) is 4.79 Å². The van der Waals surface area contributed by atoms with E-state index in [1.807, 2.05) is 0 Å². The van der Waals surface area contributed by atoms with Crippen molar-refractivity contribution >= 4 is 12.0 Å². The number of carboxylic acid groups (broad SMARTS) is 1. The van der Waals surface area contributed by atoms with E-state index in [2.05, 4.69) is 10.6 Å². The van der Waals surface area contributed by atoms with Crippen LogP contribution in [0.5, 0.6) is 0 Å². The predicted octanol–water partition coefficient (Wildman–Crippen LogP) is -0.575. The normalized spacial score (nSPS) is 25.2. The Morgan fingerprint density at radius 2 is 1.94 bits per heavy atom. The van der Waals surface area contributed by atoms with Gasteiger partial charge in [0, 0.05) is 13.0 Å². The van der Waals surface area contributed by atoms with E-state index >= 15 is 0 Å². The number of carbonyl (C=O) groups excluding carboxylic acids is 1. The van der Waals surface area contributed by atoms with Crippen molar-refractivity contribution in [1.82, 2.24) is 10.6 Å². The summed E-state index contributed by atoms with van der Waals surface area (Å²) in [4.78, 5) is 21.8. The predicted molar refractivity (Wildman–Crippen MR) is 63.1 cm³/mol. The van der Waals surface area contributed by atoms with E-state index in [-0.39, 0.29) is 19.0 Å². The van der Waals surface area contributed by atoms with Crippen molar-refractivity contribution in [2.24, 2.45) is 0 Å². The van der Waals surface area contributed by atoms with Gasteiger partial charge < -0.3 is 26.0 Å². The van der Waals surface area contributed by atoms with Crippen molar-refractivity contribution in [2.75, 3.05) is 6.54 Å². The van der Waals surface area contributed by atoms with Crippen LogP contribution in [-0.4, -0.2) is 52.1 Å². The molecule has 0 saturated heterocycles. The lowest BCUT2D eigenvalue weighted by Gasteiger charge is -2.28. The van der Waals surface area contributed by atoms with Gasteiger partial charge in [-0.05, 0) is 12.8 Å². The molecule has 0 heterocycles. The summed E-state index contributed by atoms with van der Waals surface area (Å²) in [7, 11) is 0. The molecule has 1 saturated carbocycles. The van der Waals surface area contributed by atoms with Gasteiger partial charge in [-0.2, -0.15) is 0 Å². The molecule has 0 aromatic heterocycles. The number of aliphatic carboxylic acids is 1. The number of hydrogen-bond acceptors (Lipinski definition) is 4. The van der Waals surface area contributed by atoms with Crippen LogP contribution in [0.25, 0.3) is 0 Å². The minimum absolute atomic E-state index is 0.0457. The number of nitrogens with one attached hydrogen (secondary N) is 2. The maximum Gasteiger partial charge on any atom is 0.332 e. The van der Waals surface area contributed by atoms with Crippen LogP contribution in [0.15, 0.2) is 0 Å². The van der Waals surface area contributed by atoms with Crippen LogP contribution in [0.3, 0.4) is 0 Å². The van der Waals surface area contributed by atoms with E-state index in [1.165, 1.54) is 0 Å². The molecule has 0 aliphatic heterocycles. The van der Waals surface area contributed by atoms with E-state index in [0.717, 1.165) is 19.3 Å². The summed E-state index contributed by atoms with van der Waals surface area (Å²) in [6.07, 6.45) is 1.33. The number of carbonyl (C=O) groups is 2. The lowest BCUT2D eigenvalue weighted by molar-refractivity contribution is -0.146. The van der Waals surface area contributed by atoms with Crippen LogP contribution in [0.2, 0.25) is 0 Å². The molecule has 1 aliphatic carbocycles. The van der Waals surface area contributed by atoms with Crippen LogP contribution in [-0.2, 0) is 4.79 Å². The second-order valence-corrected chi connectivity index (χ2v) is 4.50. The monoisotopic (exact) mass is 260 g/mol. The summed E-state index contributed by atoms with van der Waals surface area (Å²) in [5.74, 6) is -1.31. The molecule has 7 nitrogen and oxygen atoms in total. The first-order valence-electron chi connectivity index (χ1n) is 6.14. The number of hydrogen-bond donors (Lipinski definition) is 5. The molecule has 0 radical (unpaired) electrons. The molecule has 3 atom stereocenters. The number of amides is 2. The van der Waals surface area contributed by atoms with Crippen molar-refractivity contribution in [3.63, 3.8) is 0 Å². The Bertz CT molecular complexity index is 297. The molecule has 1 rings (SSSR count). The van der Waals surface area contributed by atoms with Gasteiger partial charge in [-0.15, -0.1) is 0 Å². The summed E-state index contributed by atoms with van der Waals surface area (Å²) in [5.41, 5.74) is 0. The van der Waals surface area contributed by atoms with Crippen molar-refractivity contribution in [2.45, 2.75) is 50.4 Å². The van der Waals surface area contributed by atoms with Gasteiger partial charge in [-0.1, -0.05) is 12.8 Å². The fraction of sp³-hybridized carbons (Fsp3) is 0.818. The van der Waals surface area contributed by atoms with E-state index in [0.29, 0.717) is 6.42 Å². The van der Waals surface area contributed by atoms with Crippen molar-refractivity contribution in [3.8, 4) is 0 Å². The zero-order valence-corrected chi connectivity index (χ0v) is 10.1. The third kappa shape index (κ3) is 4.89. The molecule has 0 bridgehead atoms. The highest BCUT2D eigenvalue weighted by Gasteiger charge is 2.24. The van der Waals surface area contributed by atoms with Crippen LogP contribution < -0.4 is 10.6 Å². The number of aliphatic hydroxyl groups is 2. The number of aliphatic hydroxyl groups excluding tert-OH is 2. The molecule has 5 N–H and O–H groups in total. The highest BCUT2D eigenvalue weighted by molar-refractivity contribution is 5.74. The fourth-order valence-electron chi connectivity index (χ4n) is 1.94. The van der Waals surface area contributed by atoms with Crippen molar-refractivity contribution in [1.29, 1.82) is 0 Å². The maximum absolute atomic E-state index is 11.4. The van der Waals surface area contributed by atoms with Crippen LogP contribution in [0, 0.1) is 0 Å². The second kappa shape index (κ2) is 7.17. The number of urea groups is 1. The Balaban J connectivity index is 2.19. The summed E-state index contributed by atoms with van der Waals surface area (Å²) >= 11 is 0. The molecule has 1 aliphatic rings. The Hall–Kier alpha value is -1.34. The Morgan fingerprint density at radius 1 is 1.28 bits per heavy atom. The topological polar surface area (TPSA) is 119 Å². The average molecular weight is 260 g/mol. The Kier molecular flexibility index (Phi) is 5.87. The molecular formula is C11H20N2O5. The standard InChI is InChI=1S/C11H20N2O5/c14-8-4-2-1-3-7(8)13-11(18)12-6-5-9(15)10(16)17/h7-9,14-15H,1-6H2,(H,16,17)(H2,12,13,18)/t7?,8?,9-/m0/s1. The SMILES string of the molecule is O=C(NCC[C@H](O)C(=O)O)NC1CCCCC1O. The Labute approximate surface area is 105 Å². The van der Waals surface area contributed by atoms with E-state index < -0.39 is 24.2 Å². The Morgan fingerprint density at radius 3 is 2.56 bits per heavy atom. The van der Waals surface area contributed by atoms with E-state index in [4.69, 9.17) is 10.2 Å². The zero-order valence-electron chi connectivity index (χ0n) is 10.1. The summed E-state index contributed by atoms with van der Waals surface area (Å²) < 4.78 is 0. The second-order valence-electron chi connectivity index (χ2n) is 4.50. The molecule has 104 valence electrons. The molecule has 0 aromatic carbocycles. The van der Waals surface area contributed by atoms with Gasteiger partial charge in [0.2, 0.25) is 0 Å². The third-order valence-electron chi connectivity index (χ3n) is 3.03. The number of rotatable bonds is 5. The van der Waals surface area contributed by atoms with Crippen LogP contribution >= 0.6 is 0 Å². The highest BCUT2D eigenvalue weighted by atomic mass is 16.4. The molecular weight excluding hydrogens is 240 g/mol. The minimum atomic E-state index is -1.47. The molecule has 7 heteroatoms. The highest BCUT2D eigenvalue weighted by Crippen LogP contribution is 2.18. The minimum Gasteiger partial charge on any atom is -0.479 e. The van der Waals surface area contributed by atoms with Crippen molar-refractivity contribution in [3.05, 3.63) is 0 Å². The molecule has 1 fully saturated rings. The van der Waals surface area contributed by atoms with E-state index in [9.17, 15) is 14.7 Å². The molecule has 0 aromatic rings. The van der Waals surface area contributed by atoms with Crippen LogP contribution in [0.1, 0.15) is 32.1 Å². The van der Waals surface area contributed by atoms with Gasteiger partial charge in [0.15, 0.2) is 6.10 Å². The molecule has 2 unspecified atom stereocenters. The van der Waals surface area contributed by atoms with Gasteiger partial charge in [0.1, 0.15) is 0 Å². The zero-order chi connectivity index (χ0) is 13.5. The quantitative estimate of drug-likeness (QED) is 0.453. The van der Waals surface area contributed by atoms with E-state index in [1.54, 1.807) is 0 Å². The third-order valence-corrected chi connectivity index (χ3v) is 3.03. The first-order valence-corrected chi connectivity index (χ1v) is 6.14. The largest absolute Gasteiger partial charge is 0.479 e. The van der Waals surface area contributed by atoms with Gasteiger partial charge in [0.25, 0.3) is 0 Å². The summed E-state index contributed by atoms with van der Waals surface area (Å²) in [5, 5.41) is 32.2. The lowest BCUT2D eigenvalue weighted by atomic mass is 9.93. The molecule has 2 amide bonds. The molecule has 18 heavy (non-hydrogen) atoms. The lowest BCUT2D eigenvalue weighted by Crippen LogP contribution is -2.49. The van der Waals surface area contributed by atoms with Gasteiger partial charge in [-0.25, -0.2) is 9.59 Å². The fourth-order valence-corrected chi connectivity index (χ4v) is 1.94. The van der Waals surface area contributed by atoms with Crippen molar-refractivity contribution < 1.29 is 24.9 Å². The smallest absolute Gasteiger partial charge is 0.332 e. The summed E-state index contributed by atoms with van der Waals surface area (Å²) in [6.45, 7) is 0.0715. The maximum atomic E-state index is 11.4.